The third kappa shape index (κ3) is 5.35. The highest BCUT2D eigenvalue weighted by Crippen LogP contribution is 2.37. The molecule has 0 atom stereocenters. The first-order chi connectivity index (χ1) is 16.8. The second-order valence-corrected chi connectivity index (χ2v) is 8.04. The Morgan fingerprint density at radius 3 is 2.17 bits per heavy atom. The summed E-state index contributed by atoms with van der Waals surface area (Å²) in [5.74, 6) is -2.72. The van der Waals surface area contributed by atoms with Crippen molar-refractivity contribution < 1.29 is 28.9 Å². The standard InChI is InChI=1S/C28H22FNO5/c1-17-22(27(31)32)14-24(35-16-19-5-3-2-4-6-19)26(25(17)28(33)34)23-12-9-20(15-30-23)13-18-7-10-21(29)11-8-18/h2-12,14-15H,13,16H2,1H3,(H,31,32)(H,33,34). The van der Waals surface area contributed by atoms with Crippen LogP contribution in [-0.4, -0.2) is 27.1 Å². The number of nitrogens with zero attached hydrogens (tertiary/aromatic N) is 1. The van der Waals surface area contributed by atoms with Crippen LogP contribution in [0.25, 0.3) is 11.3 Å². The molecule has 4 rings (SSSR count). The summed E-state index contributed by atoms with van der Waals surface area (Å²) in [5.41, 5.74) is 2.94. The van der Waals surface area contributed by atoms with E-state index in [4.69, 9.17) is 4.74 Å². The number of hydrogen-bond donors (Lipinski definition) is 2. The van der Waals surface area contributed by atoms with E-state index in [1.165, 1.54) is 25.1 Å². The van der Waals surface area contributed by atoms with Crippen LogP contribution in [0.1, 0.15) is 43.0 Å². The normalized spacial score (nSPS) is 10.7. The van der Waals surface area contributed by atoms with Crippen molar-refractivity contribution in [3.63, 3.8) is 0 Å². The molecule has 1 aromatic heterocycles. The summed E-state index contributed by atoms with van der Waals surface area (Å²) in [5, 5.41) is 19.6. The van der Waals surface area contributed by atoms with Crippen molar-refractivity contribution in [1.29, 1.82) is 0 Å². The van der Waals surface area contributed by atoms with Gasteiger partial charge in [-0.05, 0) is 59.9 Å². The van der Waals surface area contributed by atoms with E-state index in [1.54, 1.807) is 30.5 Å². The molecule has 0 unspecified atom stereocenters. The zero-order valence-electron chi connectivity index (χ0n) is 18.9. The van der Waals surface area contributed by atoms with Crippen molar-refractivity contribution in [3.05, 3.63) is 118 Å². The highest BCUT2D eigenvalue weighted by atomic mass is 19.1. The van der Waals surface area contributed by atoms with Crippen molar-refractivity contribution in [2.45, 2.75) is 20.0 Å². The van der Waals surface area contributed by atoms with Gasteiger partial charge in [0.2, 0.25) is 0 Å². The minimum atomic E-state index is -1.28. The van der Waals surface area contributed by atoms with Crippen molar-refractivity contribution in [3.8, 4) is 17.0 Å². The molecule has 0 spiro atoms. The summed E-state index contributed by atoms with van der Waals surface area (Å²) >= 11 is 0. The third-order valence-electron chi connectivity index (χ3n) is 5.63. The van der Waals surface area contributed by atoms with Crippen LogP contribution in [0.3, 0.4) is 0 Å². The SMILES string of the molecule is Cc1c(C(=O)O)cc(OCc2ccccc2)c(-c2ccc(Cc3ccc(F)cc3)cn2)c1C(=O)O. The molecule has 3 aromatic carbocycles. The molecule has 35 heavy (non-hydrogen) atoms. The number of carboxylic acids is 2. The lowest BCUT2D eigenvalue weighted by molar-refractivity contribution is 0.0695. The number of halogens is 1. The minimum absolute atomic E-state index is 0.115. The highest BCUT2D eigenvalue weighted by molar-refractivity contribution is 6.03. The molecule has 2 N–H and O–H groups in total. The number of pyridine rings is 1. The second-order valence-electron chi connectivity index (χ2n) is 8.04. The molecule has 0 fully saturated rings. The van der Waals surface area contributed by atoms with E-state index in [0.717, 1.165) is 16.7 Å². The van der Waals surface area contributed by atoms with Crippen LogP contribution in [0.4, 0.5) is 4.39 Å². The maximum absolute atomic E-state index is 13.2. The van der Waals surface area contributed by atoms with E-state index < -0.39 is 11.9 Å². The lowest BCUT2D eigenvalue weighted by Crippen LogP contribution is -2.12. The second kappa shape index (κ2) is 10.2. The van der Waals surface area contributed by atoms with Crippen LogP contribution in [0.15, 0.2) is 79.0 Å². The third-order valence-corrected chi connectivity index (χ3v) is 5.63. The fourth-order valence-corrected chi connectivity index (χ4v) is 3.86. The predicted octanol–water partition coefficient (Wildman–Crippen LogP) is 5.76. The van der Waals surface area contributed by atoms with Crippen LogP contribution >= 0.6 is 0 Å². The van der Waals surface area contributed by atoms with Gasteiger partial charge in [0.05, 0.1) is 22.4 Å². The van der Waals surface area contributed by atoms with Gasteiger partial charge in [0.15, 0.2) is 0 Å². The van der Waals surface area contributed by atoms with Gasteiger partial charge in [-0.1, -0.05) is 48.5 Å². The number of aromatic nitrogens is 1. The van der Waals surface area contributed by atoms with Crippen LogP contribution in [0.5, 0.6) is 5.75 Å². The first kappa shape index (κ1) is 23.6. The average Bonchev–Trinajstić information content (AvgIpc) is 2.85. The highest BCUT2D eigenvalue weighted by Gasteiger charge is 2.26. The number of carbonyl (C=O) groups is 2. The van der Waals surface area contributed by atoms with E-state index >= 15 is 0 Å². The quantitative estimate of drug-likeness (QED) is 0.339. The number of carboxylic acid groups (broad SMARTS) is 2. The smallest absolute Gasteiger partial charge is 0.336 e. The lowest BCUT2D eigenvalue weighted by atomic mass is 9.93. The van der Waals surface area contributed by atoms with E-state index in [9.17, 15) is 24.2 Å². The Bertz CT molecular complexity index is 1370. The van der Waals surface area contributed by atoms with E-state index in [2.05, 4.69) is 4.98 Å². The number of rotatable bonds is 8. The molecule has 0 aliphatic heterocycles. The summed E-state index contributed by atoms with van der Waals surface area (Å²) in [6.07, 6.45) is 2.14. The molecule has 4 aromatic rings. The monoisotopic (exact) mass is 471 g/mol. The summed E-state index contributed by atoms with van der Waals surface area (Å²) in [4.78, 5) is 28.5. The van der Waals surface area contributed by atoms with Gasteiger partial charge >= 0.3 is 11.9 Å². The number of hydrogen-bond acceptors (Lipinski definition) is 4. The Balaban J connectivity index is 1.76. The molecule has 176 valence electrons. The van der Waals surface area contributed by atoms with Crippen molar-refractivity contribution in [2.24, 2.45) is 0 Å². The fourth-order valence-electron chi connectivity index (χ4n) is 3.86. The maximum atomic E-state index is 13.2. The van der Waals surface area contributed by atoms with Crippen LogP contribution in [-0.2, 0) is 13.0 Å². The van der Waals surface area contributed by atoms with Crippen molar-refractivity contribution in [2.75, 3.05) is 0 Å². The Morgan fingerprint density at radius 2 is 1.57 bits per heavy atom. The molecule has 0 aliphatic rings. The Morgan fingerprint density at radius 1 is 0.886 bits per heavy atom. The van der Waals surface area contributed by atoms with Crippen LogP contribution in [0.2, 0.25) is 0 Å². The molecule has 0 radical (unpaired) electrons. The molecule has 7 heteroatoms. The largest absolute Gasteiger partial charge is 0.488 e. The molecular formula is C28H22FNO5. The van der Waals surface area contributed by atoms with Gasteiger partial charge in [0.1, 0.15) is 18.2 Å². The zero-order chi connectivity index (χ0) is 24.9. The fraction of sp³-hybridized carbons (Fsp3) is 0.107. The molecule has 6 nitrogen and oxygen atoms in total. The molecule has 0 saturated heterocycles. The maximum Gasteiger partial charge on any atom is 0.336 e. The Kier molecular flexibility index (Phi) is 6.87. The van der Waals surface area contributed by atoms with Crippen molar-refractivity contribution >= 4 is 11.9 Å². The van der Waals surface area contributed by atoms with Gasteiger partial charge in [-0.2, -0.15) is 0 Å². The Labute approximate surface area is 201 Å². The molecule has 0 aliphatic carbocycles. The van der Waals surface area contributed by atoms with E-state index in [-0.39, 0.29) is 40.4 Å². The van der Waals surface area contributed by atoms with Gasteiger partial charge in [0, 0.05) is 6.20 Å². The van der Waals surface area contributed by atoms with E-state index in [0.29, 0.717) is 12.1 Å². The van der Waals surface area contributed by atoms with Gasteiger partial charge in [-0.15, -0.1) is 0 Å². The number of benzene rings is 3. The van der Waals surface area contributed by atoms with E-state index in [1.807, 2.05) is 30.3 Å². The predicted molar refractivity (Wildman–Crippen MR) is 128 cm³/mol. The number of aromatic carboxylic acids is 2. The Hall–Kier alpha value is -4.52. The summed E-state index contributed by atoms with van der Waals surface area (Å²) in [6, 6.07) is 20.2. The lowest BCUT2D eigenvalue weighted by Gasteiger charge is -2.18. The molecule has 0 bridgehead atoms. The summed E-state index contributed by atoms with van der Waals surface area (Å²) in [7, 11) is 0. The first-order valence-corrected chi connectivity index (χ1v) is 10.8. The zero-order valence-corrected chi connectivity index (χ0v) is 18.9. The summed E-state index contributed by atoms with van der Waals surface area (Å²) in [6.45, 7) is 1.58. The average molecular weight is 471 g/mol. The topological polar surface area (TPSA) is 96.7 Å². The van der Waals surface area contributed by atoms with Gasteiger partial charge < -0.3 is 14.9 Å². The molecular weight excluding hydrogens is 449 g/mol. The van der Waals surface area contributed by atoms with Gasteiger partial charge in [0.25, 0.3) is 0 Å². The minimum Gasteiger partial charge on any atom is -0.488 e. The number of ether oxygens (including phenoxy) is 1. The molecule has 1 heterocycles. The molecule has 0 amide bonds. The first-order valence-electron chi connectivity index (χ1n) is 10.8. The molecule has 0 saturated carbocycles. The van der Waals surface area contributed by atoms with Crippen molar-refractivity contribution in [1.82, 2.24) is 4.98 Å². The summed E-state index contributed by atoms with van der Waals surface area (Å²) < 4.78 is 19.1. The van der Waals surface area contributed by atoms with Gasteiger partial charge in [-0.3, -0.25) is 4.98 Å². The van der Waals surface area contributed by atoms with Crippen LogP contribution in [0, 0.1) is 12.7 Å². The van der Waals surface area contributed by atoms with Crippen LogP contribution < -0.4 is 4.74 Å². The van der Waals surface area contributed by atoms with Gasteiger partial charge in [-0.25, -0.2) is 14.0 Å².